The number of ether oxygens (including phenoxy) is 2. The Kier molecular flexibility index (Phi) is 8.14. The van der Waals surface area contributed by atoms with Crippen LogP contribution in [-0.2, 0) is 26.0 Å². The maximum absolute atomic E-state index is 14.3. The van der Waals surface area contributed by atoms with Crippen LogP contribution in [0.1, 0.15) is 47.2 Å². The molecule has 14 heteroatoms. The summed E-state index contributed by atoms with van der Waals surface area (Å²) < 4.78 is 95.1. The van der Waals surface area contributed by atoms with Crippen molar-refractivity contribution in [1.82, 2.24) is 9.80 Å². The molecule has 2 aromatic carbocycles. The Balaban J connectivity index is 1.44. The highest BCUT2D eigenvalue weighted by Crippen LogP contribution is 2.55. The second kappa shape index (κ2) is 11.4. The molecule has 0 radical (unpaired) electrons. The second-order valence-electron chi connectivity index (χ2n) is 10.8. The van der Waals surface area contributed by atoms with Crippen molar-refractivity contribution in [3.63, 3.8) is 0 Å². The number of carbonyl (C=O) groups excluding carboxylic acids is 2. The van der Waals surface area contributed by atoms with Gasteiger partial charge in [0.25, 0.3) is 10.0 Å². The first-order valence-corrected chi connectivity index (χ1v) is 15.1. The SMILES string of the molecule is CCN1CCC(N(CCc2cc(F)ccc2S(=O)(=O)Nc2ccc3c(c2C(=O)OC)OC[C@@H]2C[C@H]32)C(=O)C(F)(F)F)C1. The molecule has 2 heterocycles. The lowest BCUT2D eigenvalue weighted by Gasteiger charge is -2.30. The molecular weight excluding hydrogens is 582 g/mol. The molecular formula is C28H31F4N3O6S. The number of hydrogen-bond acceptors (Lipinski definition) is 7. The number of carbonyl (C=O) groups is 2. The van der Waals surface area contributed by atoms with Gasteiger partial charge in [-0.1, -0.05) is 13.0 Å². The molecule has 1 saturated heterocycles. The summed E-state index contributed by atoms with van der Waals surface area (Å²) in [7, 11) is -3.35. The zero-order valence-electron chi connectivity index (χ0n) is 23.0. The fraction of sp³-hybridized carbons (Fsp3) is 0.500. The van der Waals surface area contributed by atoms with Gasteiger partial charge < -0.3 is 19.3 Å². The van der Waals surface area contributed by atoms with E-state index in [9.17, 15) is 35.6 Å². The minimum absolute atomic E-state index is 0.101. The van der Waals surface area contributed by atoms with E-state index in [0.717, 1.165) is 37.3 Å². The van der Waals surface area contributed by atoms with Crippen molar-refractivity contribution in [2.24, 2.45) is 5.92 Å². The molecule has 0 aromatic heterocycles. The van der Waals surface area contributed by atoms with Gasteiger partial charge in [0, 0.05) is 31.6 Å². The van der Waals surface area contributed by atoms with Gasteiger partial charge in [0.2, 0.25) is 0 Å². The molecule has 2 aromatic rings. The number of halogens is 4. The van der Waals surface area contributed by atoms with Crippen molar-refractivity contribution >= 4 is 27.6 Å². The largest absolute Gasteiger partial charge is 0.492 e. The number of benzene rings is 2. The zero-order chi connectivity index (χ0) is 30.4. The van der Waals surface area contributed by atoms with Crippen molar-refractivity contribution in [2.75, 3.05) is 44.6 Å². The van der Waals surface area contributed by atoms with E-state index in [1.165, 1.54) is 6.07 Å². The van der Waals surface area contributed by atoms with E-state index < -0.39 is 51.4 Å². The third-order valence-corrected chi connectivity index (χ3v) is 9.62. The Bertz CT molecular complexity index is 1500. The van der Waals surface area contributed by atoms with Gasteiger partial charge in [-0.15, -0.1) is 0 Å². The minimum atomic E-state index is -5.13. The Morgan fingerprint density at radius 2 is 1.98 bits per heavy atom. The first-order valence-electron chi connectivity index (χ1n) is 13.6. The molecule has 3 aliphatic rings. The maximum atomic E-state index is 14.3. The lowest BCUT2D eigenvalue weighted by molar-refractivity contribution is -0.187. The highest BCUT2D eigenvalue weighted by Gasteiger charge is 2.47. The molecule has 0 bridgehead atoms. The number of nitrogens with one attached hydrogen (secondary N) is 1. The number of hydrogen-bond donors (Lipinski definition) is 1. The van der Waals surface area contributed by atoms with Crippen molar-refractivity contribution in [3.05, 3.63) is 52.8 Å². The van der Waals surface area contributed by atoms with Gasteiger partial charge in [0.15, 0.2) is 0 Å². The summed E-state index contributed by atoms with van der Waals surface area (Å²) in [6.07, 6.45) is -4.28. The van der Waals surface area contributed by atoms with Crippen LogP contribution in [0.5, 0.6) is 5.75 Å². The number of anilines is 1. The van der Waals surface area contributed by atoms with E-state index in [2.05, 4.69) is 4.72 Å². The molecule has 1 unspecified atom stereocenters. The molecule has 0 spiro atoms. The predicted molar refractivity (Wildman–Crippen MR) is 143 cm³/mol. The molecule has 3 atom stereocenters. The van der Waals surface area contributed by atoms with Crippen LogP contribution >= 0.6 is 0 Å². The van der Waals surface area contributed by atoms with Crippen molar-refractivity contribution in [2.45, 2.75) is 49.2 Å². The van der Waals surface area contributed by atoms with Crippen molar-refractivity contribution < 1.29 is 45.0 Å². The van der Waals surface area contributed by atoms with E-state index >= 15 is 0 Å². The van der Waals surface area contributed by atoms with Gasteiger partial charge >= 0.3 is 18.1 Å². The third-order valence-electron chi connectivity index (χ3n) is 8.16. The summed E-state index contributed by atoms with van der Waals surface area (Å²) in [5, 5.41) is 0. The van der Waals surface area contributed by atoms with Gasteiger partial charge in [-0.25, -0.2) is 17.6 Å². The standard InChI is InChI=1S/C28H31F4N3O6S/c1-3-34-10-9-19(14-34)35(27(37)28(30,31)32)11-8-16-12-18(29)4-7-23(16)42(38,39)33-22-6-5-20-21-13-17(21)15-41-25(20)24(22)26(36)40-2/h4-7,12,17,19,21,33H,3,8-11,13-15H2,1-2H3/t17-,19?,21-/m0/s1. The molecule has 1 aliphatic carbocycles. The zero-order valence-corrected chi connectivity index (χ0v) is 23.9. The van der Waals surface area contributed by atoms with Crippen LogP contribution in [-0.4, -0.2) is 82.2 Å². The van der Waals surface area contributed by atoms with Crippen LogP contribution in [0.25, 0.3) is 0 Å². The normalized spacial score (nSPS) is 21.6. The molecule has 5 rings (SSSR count). The summed E-state index contributed by atoms with van der Waals surface area (Å²) in [6, 6.07) is 5.21. The lowest BCUT2D eigenvalue weighted by Crippen LogP contribution is -2.49. The number of esters is 1. The average molecular weight is 614 g/mol. The number of amides is 1. The fourth-order valence-electron chi connectivity index (χ4n) is 5.85. The van der Waals surface area contributed by atoms with Crippen molar-refractivity contribution in [1.29, 1.82) is 0 Å². The summed E-state index contributed by atoms with van der Waals surface area (Å²) in [5.41, 5.74) is 0.438. The number of alkyl halides is 3. The lowest BCUT2D eigenvalue weighted by atomic mass is 10.0. The Labute approximate surface area is 240 Å². The van der Waals surface area contributed by atoms with Gasteiger partial charge in [-0.3, -0.25) is 9.52 Å². The van der Waals surface area contributed by atoms with E-state index in [-0.39, 0.29) is 41.4 Å². The molecule has 1 saturated carbocycles. The van der Waals surface area contributed by atoms with Crippen LogP contribution in [0, 0.1) is 11.7 Å². The number of nitrogens with zero attached hydrogens (tertiary/aromatic N) is 2. The number of likely N-dealkylation sites (tertiary alicyclic amines) is 1. The van der Waals surface area contributed by atoms with E-state index in [1.807, 2.05) is 11.8 Å². The van der Waals surface area contributed by atoms with Crippen LogP contribution < -0.4 is 9.46 Å². The number of rotatable bonds is 9. The Hall–Kier alpha value is -3.39. The number of methoxy groups -OCH3 is 1. The Morgan fingerprint density at radius 3 is 2.64 bits per heavy atom. The first-order chi connectivity index (χ1) is 19.8. The topological polar surface area (TPSA) is 105 Å². The predicted octanol–water partition coefficient (Wildman–Crippen LogP) is 3.94. The van der Waals surface area contributed by atoms with Crippen LogP contribution in [0.15, 0.2) is 35.2 Å². The quantitative estimate of drug-likeness (QED) is 0.338. The molecule has 2 fully saturated rings. The molecule has 9 nitrogen and oxygen atoms in total. The first kappa shape index (κ1) is 30.1. The third kappa shape index (κ3) is 5.91. The monoisotopic (exact) mass is 613 g/mol. The maximum Gasteiger partial charge on any atom is 0.471 e. The molecule has 42 heavy (non-hydrogen) atoms. The summed E-state index contributed by atoms with van der Waals surface area (Å²) >= 11 is 0. The van der Waals surface area contributed by atoms with Gasteiger partial charge in [-0.05, 0) is 67.1 Å². The number of fused-ring (bicyclic) bond motifs is 3. The number of likely N-dealkylation sites (N-methyl/N-ethyl adjacent to an activating group) is 1. The minimum Gasteiger partial charge on any atom is -0.492 e. The van der Waals surface area contributed by atoms with Crippen LogP contribution in [0.2, 0.25) is 0 Å². The van der Waals surface area contributed by atoms with Crippen LogP contribution in [0.3, 0.4) is 0 Å². The van der Waals surface area contributed by atoms with E-state index in [1.54, 1.807) is 6.07 Å². The van der Waals surface area contributed by atoms with Gasteiger partial charge in [0.1, 0.15) is 17.1 Å². The molecule has 1 amide bonds. The smallest absolute Gasteiger partial charge is 0.471 e. The summed E-state index contributed by atoms with van der Waals surface area (Å²) in [4.78, 5) is 27.3. The van der Waals surface area contributed by atoms with Crippen molar-refractivity contribution in [3.8, 4) is 5.75 Å². The number of sulfonamides is 1. The van der Waals surface area contributed by atoms with E-state index in [4.69, 9.17) is 9.47 Å². The summed E-state index contributed by atoms with van der Waals surface area (Å²) in [6.45, 7) is 3.12. The second-order valence-corrected chi connectivity index (χ2v) is 12.4. The highest BCUT2D eigenvalue weighted by atomic mass is 32.2. The fourth-order valence-corrected chi connectivity index (χ4v) is 7.17. The highest BCUT2D eigenvalue weighted by molar-refractivity contribution is 7.92. The van der Waals surface area contributed by atoms with Crippen LogP contribution in [0.4, 0.5) is 23.2 Å². The Morgan fingerprint density at radius 1 is 1.21 bits per heavy atom. The molecule has 2 aliphatic heterocycles. The average Bonchev–Trinajstić information content (AvgIpc) is 3.59. The van der Waals surface area contributed by atoms with Gasteiger partial charge in [-0.2, -0.15) is 13.2 Å². The molecule has 1 N–H and O–H groups in total. The molecule has 228 valence electrons. The van der Waals surface area contributed by atoms with E-state index in [0.29, 0.717) is 36.9 Å². The summed E-state index contributed by atoms with van der Waals surface area (Å²) in [5.74, 6) is -2.87. The van der Waals surface area contributed by atoms with Gasteiger partial charge in [0.05, 0.1) is 24.3 Å².